The first-order valence-electron chi connectivity index (χ1n) is 12.2. The Hall–Kier alpha value is -2.93. The molecule has 0 saturated carbocycles. The molecule has 0 unspecified atom stereocenters. The van der Waals surface area contributed by atoms with E-state index in [1.54, 1.807) is 28.4 Å². The summed E-state index contributed by atoms with van der Waals surface area (Å²) >= 11 is 0. The van der Waals surface area contributed by atoms with Gasteiger partial charge in [-0.1, -0.05) is 26.0 Å². The summed E-state index contributed by atoms with van der Waals surface area (Å²) in [5, 5.41) is 0. The lowest BCUT2D eigenvalue weighted by atomic mass is 9.84. The van der Waals surface area contributed by atoms with Gasteiger partial charge >= 0.3 is 5.97 Å². The molecule has 2 aromatic carbocycles. The van der Waals surface area contributed by atoms with Gasteiger partial charge in [0.1, 0.15) is 0 Å². The number of rotatable bonds is 12. The molecule has 0 aliphatic carbocycles. The summed E-state index contributed by atoms with van der Waals surface area (Å²) in [5.74, 6) is 2.60. The fraction of sp³-hybridized carbons (Fsp3) is 0.536. The van der Waals surface area contributed by atoms with Crippen LogP contribution in [0.5, 0.6) is 23.0 Å². The molecule has 35 heavy (non-hydrogen) atoms. The Labute approximate surface area is 208 Å². The Morgan fingerprint density at radius 1 is 0.886 bits per heavy atom. The first-order valence-corrected chi connectivity index (χ1v) is 12.2. The van der Waals surface area contributed by atoms with Crippen molar-refractivity contribution in [3.8, 4) is 23.0 Å². The summed E-state index contributed by atoms with van der Waals surface area (Å²) in [5.41, 5.74) is 2.08. The molecule has 0 amide bonds. The minimum Gasteiger partial charge on any atom is -0.493 e. The molecule has 7 heteroatoms. The molecule has 1 saturated heterocycles. The number of benzene rings is 2. The fourth-order valence-electron chi connectivity index (χ4n) is 4.76. The van der Waals surface area contributed by atoms with Gasteiger partial charge < -0.3 is 28.4 Å². The van der Waals surface area contributed by atoms with Gasteiger partial charge in [0, 0.05) is 5.92 Å². The molecule has 192 valence electrons. The number of carbonyl (C=O) groups is 1. The van der Waals surface area contributed by atoms with E-state index in [2.05, 4.69) is 0 Å². The molecule has 0 bridgehead atoms. The SMILES string of the molecule is CCC(CC)C(=O)OC[C@H]1[C@@H](Cc2ccc(OC)c(OC)c2)CO[C@@H]1c1ccc(OC)c(OC)c1. The van der Waals surface area contributed by atoms with Gasteiger partial charge in [-0.25, -0.2) is 0 Å². The minimum absolute atomic E-state index is 0.0143. The van der Waals surface area contributed by atoms with Crippen LogP contribution in [0.25, 0.3) is 0 Å². The molecule has 2 aromatic rings. The number of carbonyl (C=O) groups excluding carboxylic acids is 1. The summed E-state index contributed by atoms with van der Waals surface area (Å²) < 4.78 is 33.9. The predicted molar refractivity (Wildman–Crippen MR) is 134 cm³/mol. The van der Waals surface area contributed by atoms with E-state index in [-0.39, 0.29) is 29.8 Å². The van der Waals surface area contributed by atoms with Gasteiger partial charge in [0.25, 0.3) is 0 Å². The number of hydrogen-bond donors (Lipinski definition) is 0. The van der Waals surface area contributed by atoms with Crippen molar-refractivity contribution < 1.29 is 33.2 Å². The number of methoxy groups -OCH3 is 4. The van der Waals surface area contributed by atoms with Crippen LogP contribution in [0.3, 0.4) is 0 Å². The molecular formula is C28H38O7. The molecule has 1 heterocycles. The van der Waals surface area contributed by atoms with E-state index in [4.69, 9.17) is 28.4 Å². The van der Waals surface area contributed by atoms with Crippen molar-refractivity contribution in [2.75, 3.05) is 41.7 Å². The zero-order valence-corrected chi connectivity index (χ0v) is 21.7. The van der Waals surface area contributed by atoms with Crippen LogP contribution in [-0.4, -0.2) is 47.6 Å². The smallest absolute Gasteiger partial charge is 0.308 e. The Kier molecular flexibility index (Phi) is 9.66. The largest absolute Gasteiger partial charge is 0.493 e. The van der Waals surface area contributed by atoms with Crippen molar-refractivity contribution in [1.82, 2.24) is 0 Å². The Balaban J connectivity index is 1.86. The number of esters is 1. The molecule has 0 radical (unpaired) electrons. The summed E-state index contributed by atoms with van der Waals surface area (Å²) in [7, 11) is 6.49. The van der Waals surface area contributed by atoms with E-state index in [0.717, 1.165) is 30.4 Å². The number of hydrogen-bond acceptors (Lipinski definition) is 7. The standard InChI is InChI=1S/C28H38O7/c1-7-19(8-2)28(29)35-17-22-21(13-18-9-11-23(30-3)25(14-18)32-5)16-34-27(22)20-10-12-24(31-4)26(15-20)33-6/h9-12,14-15,19,21-22,27H,7-8,13,16-17H2,1-6H3/t21-,22-,27+/m0/s1. The van der Waals surface area contributed by atoms with E-state index in [1.165, 1.54) is 0 Å². The highest BCUT2D eigenvalue weighted by Crippen LogP contribution is 2.43. The molecule has 1 aliphatic rings. The van der Waals surface area contributed by atoms with Crippen LogP contribution >= 0.6 is 0 Å². The van der Waals surface area contributed by atoms with Gasteiger partial charge in [-0.05, 0) is 60.6 Å². The lowest BCUT2D eigenvalue weighted by Gasteiger charge is -2.25. The van der Waals surface area contributed by atoms with Crippen molar-refractivity contribution in [3.05, 3.63) is 47.5 Å². The number of ether oxygens (including phenoxy) is 6. The Bertz CT molecular complexity index is 970. The van der Waals surface area contributed by atoms with E-state index in [9.17, 15) is 4.79 Å². The summed E-state index contributed by atoms with van der Waals surface area (Å²) in [4.78, 5) is 12.7. The molecule has 0 N–H and O–H groups in total. The Morgan fingerprint density at radius 3 is 2.09 bits per heavy atom. The van der Waals surface area contributed by atoms with Crippen molar-refractivity contribution in [2.45, 2.75) is 39.2 Å². The highest BCUT2D eigenvalue weighted by molar-refractivity contribution is 5.72. The van der Waals surface area contributed by atoms with Crippen LogP contribution < -0.4 is 18.9 Å². The van der Waals surface area contributed by atoms with E-state index in [0.29, 0.717) is 36.2 Å². The highest BCUT2D eigenvalue weighted by Gasteiger charge is 2.39. The molecular weight excluding hydrogens is 448 g/mol. The normalized spacial score (nSPS) is 19.5. The van der Waals surface area contributed by atoms with Gasteiger partial charge in [-0.15, -0.1) is 0 Å². The van der Waals surface area contributed by atoms with E-state index in [1.807, 2.05) is 50.2 Å². The van der Waals surface area contributed by atoms with Crippen LogP contribution in [0, 0.1) is 17.8 Å². The molecule has 0 aromatic heterocycles. The second-order valence-corrected chi connectivity index (χ2v) is 8.83. The third kappa shape index (κ3) is 6.20. The summed E-state index contributed by atoms with van der Waals surface area (Å²) in [6, 6.07) is 11.8. The topological polar surface area (TPSA) is 72.5 Å². The van der Waals surface area contributed by atoms with Crippen LogP contribution in [0.15, 0.2) is 36.4 Å². The maximum atomic E-state index is 12.7. The summed E-state index contributed by atoms with van der Waals surface area (Å²) in [6.07, 6.45) is 2.07. The van der Waals surface area contributed by atoms with Crippen LogP contribution in [0.1, 0.15) is 43.9 Å². The van der Waals surface area contributed by atoms with Crippen molar-refractivity contribution in [2.24, 2.45) is 17.8 Å². The van der Waals surface area contributed by atoms with Gasteiger partial charge in [0.05, 0.1) is 53.7 Å². The van der Waals surface area contributed by atoms with E-state index < -0.39 is 0 Å². The minimum atomic E-state index is -0.227. The van der Waals surface area contributed by atoms with Crippen LogP contribution in [-0.2, 0) is 20.7 Å². The zero-order valence-electron chi connectivity index (χ0n) is 21.7. The molecule has 7 nitrogen and oxygen atoms in total. The van der Waals surface area contributed by atoms with Gasteiger partial charge in [0.15, 0.2) is 23.0 Å². The summed E-state index contributed by atoms with van der Waals surface area (Å²) in [6.45, 7) is 4.88. The average Bonchev–Trinajstić information content (AvgIpc) is 3.29. The second-order valence-electron chi connectivity index (χ2n) is 8.83. The van der Waals surface area contributed by atoms with Crippen LogP contribution in [0.2, 0.25) is 0 Å². The van der Waals surface area contributed by atoms with Crippen molar-refractivity contribution >= 4 is 5.97 Å². The average molecular weight is 487 g/mol. The maximum absolute atomic E-state index is 12.7. The highest BCUT2D eigenvalue weighted by atomic mass is 16.5. The quantitative estimate of drug-likeness (QED) is 0.380. The van der Waals surface area contributed by atoms with E-state index >= 15 is 0 Å². The predicted octanol–water partition coefficient (Wildman–Crippen LogP) is 5.25. The molecule has 1 aliphatic heterocycles. The third-order valence-electron chi connectivity index (χ3n) is 6.90. The molecule has 0 spiro atoms. The lowest BCUT2D eigenvalue weighted by Crippen LogP contribution is -2.26. The van der Waals surface area contributed by atoms with Crippen molar-refractivity contribution in [3.63, 3.8) is 0 Å². The monoisotopic (exact) mass is 486 g/mol. The first kappa shape index (κ1) is 26.7. The van der Waals surface area contributed by atoms with Gasteiger partial charge in [-0.2, -0.15) is 0 Å². The van der Waals surface area contributed by atoms with Gasteiger partial charge in [-0.3, -0.25) is 4.79 Å². The molecule has 3 atom stereocenters. The van der Waals surface area contributed by atoms with Crippen molar-refractivity contribution in [1.29, 1.82) is 0 Å². The third-order valence-corrected chi connectivity index (χ3v) is 6.90. The lowest BCUT2D eigenvalue weighted by molar-refractivity contribution is -0.151. The first-order chi connectivity index (χ1) is 17.0. The molecule has 1 fully saturated rings. The zero-order chi connectivity index (χ0) is 25.4. The molecule has 3 rings (SSSR count). The maximum Gasteiger partial charge on any atom is 0.308 e. The Morgan fingerprint density at radius 2 is 1.49 bits per heavy atom. The van der Waals surface area contributed by atoms with Crippen LogP contribution in [0.4, 0.5) is 0 Å². The fourth-order valence-corrected chi connectivity index (χ4v) is 4.76. The second kappa shape index (κ2) is 12.7. The van der Waals surface area contributed by atoms with Gasteiger partial charge in [0.2, 0.25) is 0 Å².